The molecule has 0 fully saturated rings. The lowest BCUT2D eigenvalue weighted by Gasteiger charge is -2.11. The summed E-state index contributed by atoms with van der Waals surface area (Å²) in [5.41, 5.74) is 7.75. The van der Waals surface area contributed by atoms with Gasteiger partial charge in [0.15, 0.2) is 0 Å². The van der Waals surface area contributed by atoms with Crippen molar-refractivity contribution in [1.82, 2.24) is 4.98 Å². The van der Waals surface area contributed by atoms with Crippen LogP contribution < -0.4 is 10.5 Å². The van der Waals surface area contributed by atoms with E-state index in [0.29, 0.717) is 11.6 Å². The molecule has 4 heteroatoms. The minimum atomic E-state index is 0.654. The number of aryl methyl sites for hydroxylation is 1. The van der Waals surface area contributed by atoms with Crippen LogP contribution in [0.3, 0.4) is 0 Å². The molecule has 0 bridgehead atoms. The van der Waals surface area contributed by atoms with Gasteiger partial charge in [0.1, 0.15) is 5.75 Å². The van der Waals surface area contributed by atoms with E-state index in [2.05, 4.69) is 4.98 Å². The van der Waals surface area contributed by atoms with Crippen LogP contribution in [0.25, 0.3) is 10.9 Å². The van der Waals surface area contributed by atoms with Crippen molar-refractivity contribution >= 4 is 22.5 Å². The smallest absolute Gasteiger partial charge is 0.142 e. The molecule has 2 rings (SSSR count). The number of hydrogen-bond donors (Lipinski definition) is 2. The van der Waals surface area contributed by atoms with Crippen LogP contribution in [-0.4, -0.2) is 18.6 Å². The maximum atomic E-state index is 6.17. The van der Waals surface area contributed by atoms with Gasteiger partial charge in [-0.15, -0.1) is 0 Å². The summed E-state index contributed by atoms with van der Waals surface area (Å²) >= 11 is 6.17. The van der Waals surface area contributed by atoms with Gasteiger partial charge in [-0.25, -0.2) is 0 Å². The first-order valence-electron chi connectivity index (χ1n) is 5.30. The molecule has 0 spiro atoms. The summed E-state index contributed by atoms with van der Waals surface area (Å²) in [5, 5.41) is 1.76. The molecule has 0 unspecified atom stereocenters. The Kier molecular flexibility index (Phi) is 3.36. The summed E-state index contributed by atoms with van der Waals surface area (Å²) in [6.07, 6.45) is 3.70. The molecule has 2 aromatic rings. The molecule has 3 nitrogen and oxygen atoms in total. The second kappa shape index (κ2) is 4.76. The maximum Gasteiger partial charge on any atom is 0.142 e. The summed E-state index contributed by atoms with van der Waals surface area (Å²) in [6, 6.07) is 3.92. The van der Waals surface area contributed by atoms with Crippen LogP contribution >= 0.6 is 11.6 Å². The molecule has 1 aromatic heterocycles. The van der Waals surface area contributed by atoms with E-state index in [4.69, 9.17) is 22.1 Å². The molecule has 0 saturated carbocycles. The molecule has 0 atom stereocenters. The van der Waals surface area contributed by atoms with Crippen LogP contribution in [0.15, 0.2) is 18.3 Å². The molecular weight excluding hydrogens is 224 g/mol. The number of hydrogen-bond acceptors (Lipinski definition) is 2. The Bertz CT molecular complexity index is 493. The number of H-pyrrole nitrogens is 1. The highest BCUT2D eigenvalue weighted by molar-refractivity contribution is 6.33. The molecular formula is C12H15ClN2O. The lowest BCUT2D eigenvalue weighted by molar-refractivity contribution is 0.410. The number of nitrogens with two attached hydrogens (primary N) is 1. The highest BCUT2D eigenvalue weighted by atomic mass is 35.5. The monoisotopic (exact) mass is 238 g/mol. The fourth-order valence-corrected chi connectivity index (χ4v) is 2.27. The SMILES string of the molecule is COc1c(Cl)cc2cc[nH]c2c1CCCN. The lowest BCUT2D eigenvalue weighted by Crippen LogP contribution is -2.02. The van der Waals surface area contributed by atoms with Gasteiger partial charge in [-0.1, -0.05) is 11.6 Å². The van der Waals surface area contributed by atoms with Gasteiger partial charge in [0.25, 0.3) is 0 Å². The summed E-state index contributed by atoms with van der Waals surface area (Å²) in [7, 11) is 1.64. The standard InChI is InChI=1S/C12H15ClN2O/c1-16-12-9(3-2-5-14)11-8(4-6-15-11)7-10(12)13/h4,6-7,15H,2-3,5,14H2,1H3. The zero-order valence-electron chi connectivity index (χ0n) is 9.22. The van der Waals surface area contributed by atoms with E-state index >= 15 is 0 Å². The molecule has 86 valence electrons. The zero-order chi connectivity index (χ0) is 11.5. The third kappa shape index (κ3) is 1.88. The predicted octanol–water partition coefficient (Wildman–Crippen LogP) is 2.72. The van der Waals surface area contributed by atoms with Crippen molar-refractivity contribution in [1.29, 1.82) is 0 Å². The quantitative estimate of drug-likeness (QED) is 0.861. The van der Waals surface area contributed by atoms with Crippen molar-refractivity contribution < 1.29 is 4.74 Å². The third-order valence-electron chi connectivity index (χ3n) is 2.69. The second-order valence-corrected chi connectivity index (χ2v) is 4.11. The predicted molar refractivity (Wildman–Crippen MR) is 67.2 cm³/mol. The van der Waals surface area contributed by atoms with E-state index in [-0.39, 0.29) is 0 Å². The van der Waals surface area contributed by atoms with E-state index in [1.807, 2.05) is 18.3 Å². The van der Waals surface area contributed by atoms with Gasteiger partial charge in [0.2, 0.25) is 0 Å². The van der Waals surface area contributed by atoms with Gasteiger partial charge in [-0.3, -0.25) is 0 Å². The third-order valence-corrected chi connectivity index (χ3v) is 2.97. The zero-order valence-corrected chi connectivity index (χ0v) is 9.97. The highest BCUT2D eigenvalue weighted by Gasteiger charge is 2.13. The molecule has 3 N–H and O–H groups in total. The number of aromatic nitrogens is 1. The largest absolute Gasteiger partial charge is 0.495 e. The van der Waals surface area contributed by atoms with Crippen LogP contribution in [0.5, 0.6) is 5.75 Å². The fourth-order valence-electron chi connectivity index (χ4n) is 1.96. The van der Waals surface area contributed by atoms with Gasteiger partial charge in [-0.05, 0) is 31.5 Å². The molecule has 1 heterocycles. The minimum Gasteiger partial charge on any atom is -0.495 e. The molecule has 0 amide bonds. The molecule has 16 heavy (non-hydrogen) atoms. The van der Waals surface area contributed by atoms with Crippen LogP contribution in [0.1, 0.15) is 12.0 Å². The Morgan fingerprint density at radius 1 is 1.50 bits per heavy atom. The van der Waals surface area contributed by atoms with E-state index in [9.17, 15) is 0 Å². The van der Waals surface area contributed by atoms with Crippen molar-refractivity contribution in [2.24, 2.45) is 5.73 Å². The highest BCUT2D eigenvalue weighted by Crippen LogP contribution is 2.35. The molecule has 0 aliphatic carbocycles. The number of benzene rings is 1. The minimum absolute atomic E-state index is 0.654. The van der Waals surface area contributed by atoms with Crippen molar-refractivity contribution in [3.8, 4) is 5.75 Å². The fraction of sp³-hybridized carbons (Fsp3) is 0.333. The van der Waals surface area contributed by atoms with Crippen LogP contribution in [0, 0.1) is 0 Å². The van der Waals surface area contributed by atoms with E-state index in [1.165, 1.54) is 0 Å². The average molecular weight is 239 g/mol. The Balaban J connectivity index is 2.58. The summed E-state index contributed by atoms with van der Waals surface area (Å²) in [5.74, 6) is 0.755. The van der Waals surface area contributed by atoms with Gasteiger partial charge in [0, 0.05) is 17.1 Å². The van der Waals surface area contributed by atoms with Gasteiger partial charge >= 0.3 is 0 Å². The first kappa shape index (κ1) is 11.3. The number of rotatable bonds is 4. The first-order chi connectivity index (χ1) is 7.77. The Morgan fingerprint density at radius 3 is 3.00 bits per heavy atom. The first-order valence-corrected chi connectivity index (χ1v) is 5.68. The number of aromatic amines is 1. The van der Waals surface area contributed by atoms with Crippen LogP contribution in [0.2, 0.25) is 5.02 Å². The summed E-state index contributed by atoms with van der Waals surface area (Å²) < 4.78 is 5.36. The number of ether oxygens (including phenoxy) is 1. The molecule has 1 aromatic carbocycles. The second-order valence-electron chi connectivity index (χ2n) is 3.70. The molecule has 0 saturated heterocycles. The number of halogens is 1. The lowest BCUT2D eigenvalue weighted by atomic mass is 10.1. The Hall–Kier alpha value is -1.19. The normalized spacial score (nSPS) is 10.9. The van der Waals surface area contributed by atoms with Gasteiger partial charge in [-0.2, -0.15) is 0 Å². The van der Waals surface area contributed by atoms with Crippen molar-refractivity contribution in [2.75, 3.05) is 13.7 Å². The van der Waals surface area contributed by atoms with Crippen LogP contribution in [0.4, 0.5) is 0 Å². The number of methoxy groups -OCH3 is 1. The van der Waals surface area contributed by atoms with E-state index < -0.39 is 0 Å². The van der Waals surface area contributed by atoms with E-state index in [1.54, 1.807) is 7.11 Å². The van der Waals surface area contributed by atoms with Gasteiger partial charge < -0.3 is 15.5 Å². The number of nitrogens with one attached hydrogen (secondary N) is 1. The number of fused-ring (bicyclic) bond motifs is 1. The Morgan fingerprint density at radius 2 is 2.31 bits per heavy atom. The van der Waals surface area contributed by atoms with Crippen molar-refractivity contribution in [2.45, 2.75) is 12.8 Å². The van der Waals surface area contributed by atoms with Crippen LogP contribution in [-0.2, 0) is 6.42 Å². The molecule has 0 aliphatic rings. The molecule has 0 aliphatic heterocycles. The van der Waals surface area contributed by atoms with Crippen molar-refractivity contribution in [3.05, 3.63) is 28.9 Å². The Labute approximate surface area is 99.5 Å². The summed E-state index contributed by atoms with van der Waals surface area (Å²) in [6.45, 7) is 0.665. The molecule has 0 radical (unpaired) electrons. The average Bonchev–Trinajstić information content (AvgIpc) is 2.72. The van der Waals surface area contributed by atoms with E-state index in [0.717, 1.165) is 35.1 Å². The topological polar surface area (TPSA) is 51.0 Å². The van der Waals surface area contributed by atoms with Gasteiger partial charge in [0.05, 0.1) is 17.6 Å². The maximum absolute atomic E-state index is 6.17. The van der Waals surface area contributed by atoms with Crippen molar-refractivity contribution in [3.63, 3.8) is 0 Å². The summed E-state index contributed by atoms with van der Waals surface area (Å²) in [4.78, 5) is 3.22.